The summed E-state index contributed by atoms with van der Waals surface area (Å²) in [4.78, 5) is 0. The summed E-state index contributed by atoms with van der Waals surface area (Å²) in [5.41, 5.74) is 0. The lowest BCUT2D eigenvalue weighted by Gasteiger charge is -2.16. The van der Waals surface area contributed by atoms with E-state index in [0.717, 1.165) is 0 Å². The minimum Gasteiger partial charge on any atom is -0.508 e. The first kappa shape index (κ1) is 12.1. The number of phenols is 1. The van der Waals surface area contributed by atoms with Crippen LogP contribution in [0.2, 0.25) is 0 Å². The quantitative estimate of drug-likeness (QED) is 0.554. The predicted molar refractivity (Wildman–Crippen MR) is 56.5 cm³/mol. The second-order valence-electron chi connectivity index (χ2n) is 3.82. The van der Waals surface area contributed by atoms with E-state index >= 15 is 0 Å². The maximum atomic E-state index is 9.61. The smallest absolute Gasteiger partial charge is 0.229 e. The molecule has 4 atom stereocenters. The fourth-order valence-corrected chi connectivity index (χ4v) is 1.62. The lowest BCUT2D eigenvalue weighted by molar-refractivity contribution is -0.116. The molecule has 0 amide bonds. The predicted octanol–water partition coefficient (Wildman–Crippen LogP) is -0.790. The van der Waals surface area contributed by atoms with E-state index in [2.05, 4.69) is 0 Å². The highest BCUT2D eigenvalue weighted by Gasteiger charge is 2.43. The Balaban J connectivity index is 2.02. The zero-order valence-corrected chi connectivity index (χ0v) is 8.93. The molecule has 0 aliphatic carbocycles. The van der Waals surface area contributed by atoms with Crippen LogP contribution < -0.4 is 4.74 Å². The Morgan fingerprint density at radius 3 is 2.29 bits per heavy atom. The van der Waals surface area contributed by atoms with Gasteiger partial charge in [0.15, 0.2) is 0 Å². The molecule has 94 valence electrons. The van der Waals surface area contributed by atoms with Crippen molar-refractivity contribution in [3.8, 4) is 11.5 Å². The fourth-order valence-electron chi connectivity index (χ4n) is 1.62. The summed E-state index contributed by atoms with van der Waals surface area (Å²) in [6, 6.07) is 5.86. The first-order valence-corrected chi connectivity index (χ1v) is 5.20. The van der Waals surface area contributed by atoms with Gasteiger partial charge in [0.1, 0.15) is 29.8 Å². The fraction of sp³-hybridized carbons (Fsp3) is 0.455. The van der Waals surface area contributed by atoms with Crippen LogP contribution in [0.5, 0.6) is 11.5 Å². The summed E-state index contributed by atoms with van der Waals surface area (Å²) in [5.74, 6) is 0.483. The topological polar surface area (TPSA) is 99.4 Å². The summed E-state index contributed by atoms with van der Waals surface area (Å²) in [6.45, 7) is -0.395. The maximum absolute atomic E-state index is 9.61. The molecule has 6 nitrogen and oxygen atoms in total. The summed E-state index contributed by atoms with van der Waals surface area (Å²) in [6.07, 6.45) is -4.29. The van der Waals surface area contributed by atoms with E-state index in [1.54, 1.807) is 0 Å². The second kappa shape index (κ2) is 4.89. The molecule has 0 aromatic heterocycles. The molecule has 1 heterocycles. The third-order valence-corrected chi connectivity index (χ3v) is 2.59. The molecule has 6 heteroatoms. The minimum absolute atomic E-state index is 0.0958. The summed E-state index contributed by atoms with van der Waals surface area (Å²) >= 11 is 0. The van der Waals surface area contributed by atoms with E-state index in [1.165, 1.54) is 24.3 Å². The Morgan fingerprint density at radius 2 is 1.76 bits per heavy atom. The highest BCUT2D eigenvalue weighted by Crippen LogP contribution is 2.25. The van der Waals surface area contributed by atoms with Crippen LogP contribution in [0.25, 0.3) is 0 Å². The molecule has 1 fully saturated rings. The Bertz CT molecular complexity index is 365. The molecule has 1 unspecified atom stereocenters. The van der Waals surface area contributed by atoms with Gasteiger partial charge in [0, 0.05) is 0 Å². The first-order chi connectivity index (χ1) is 8.11. The van der Waals surface area contributed by atoms with Gasteiger partial charge in [0.25, 0.3) is 0 Å². The van der Waals surface area contributed by atoms with Gasteiger partial charge in [-0.3, -0.25) is 0 Å². The number of aliphatic hydroxyl groups is 3. The van der Waals surface area contributed by atoms with Gasteiger partial charge in [-0.25, -0.2) is 0 Å². The van der Waals surface area contributed by atoms with Crippen molar-refractivity contribution in [3.05, 3.63) is 24.3 Å². The van der Waals surface area contributed by atoms with E-state index in [4.69, 9.17) is 19.7 Å². The van der Waals surface area contributed by atoms with E-state index in [-0.39, 0.29) is 5.75 Å². The summed E-state index contributed by atoms with van der Waals surface area (Å²) in [5, 5.41) is 37.1. The van der Waals surface area contributed by atoms with Crippen LogP contribution in [0.15, 0.2) is 24.3 Å². The Hall–Kier alpha value is -1.34. The molecule has 0 saturated carbocycles. The van der Waals surface area contributed by atoms with Crippen LogP contribution in [-0.2, 0) is 4.74 Å². The molecule has 1 saturated heterocycles. The van der Waals surface area contributed by atoms with Crippen molar-refractivity contribution in [2.24, 2.45) is 0 Å². The highest BCUT2D eigenvalue weighted by molar-refractivity contribution is 5.30. The van der Waals surface area contributed by atoms with Crippen molar-refractivity contribution >= 4 is 0 Å². The zero-order chi connectivity index (χ0) is 12.4. The van der Waals surface area contributed by atoms with Crippen molar-refractivity contribution in [1.82, 2.24) is 0 Å². The second-order valence-corrected chi connectivity index (χ2v) is 3.82. The SMILES string of the molecule is OC[C@H]1OC(Oc2ccc(O)cc2)[C@H](O)[C@H]1O. The Labute approximate surface area is 97.7 Å². The molecule has 2 rings (SSSR count). The zero-order valence-electron chi connectivity index (χ0n) is 8.93. The minimum atomic E-state index is -1.22. The molecule has 1 aromatic rings. The third kappa shape index (κ3) is 2.50. The lowest BCUT2D eigenvalue weighted by atomic mass is 10.1. The molecule has 4 N–H and O–H groups in total. The summed E-state index contributed by atoms with van der Waals surface area (Å²) in [7, 11) is 0. The number of ether oxygens (including phenoxy) is 2. The number of benzene rings is 1. The normalized spacial score (nSPS) is 32.6. The molecule has 0 spiro atoms. The van der Waals surface area contributed by atoms with Crippen molar-refractivity contribution in [3.63, 3.8) is 0 Å². The maximum Gasteiger partial charge on any atom is 0.229 e. The standard InChI is InChI=1S/C11H14O6/c12-5-8-9(14)10(15)11(17-8)16-7-3-1-6(13)2-4-7/h1-4,8-15H,5H2/t8-,9+,10-,11?/m1/s1. The van der Waals surface area contributed by atoms with Crippen LogP contribution in [0.1, 0.15) is 0 Å². The largest absolute Gasteiger partial charge is 0.508 e. The van der Waals surface area contributed by atoms with E-state index in [0.29, 0.717) is 5.75 Å². The van der Waals surface area contributed by atoms with Gasteiger partial charge in [-0.1, -0.05) is 0 Å². The van der Waals surface area contributed by atoms with Gasteiger partial charge in [0.05, 0.1) is 6.61 Å². The Morgan fingerprint density at radius 1 is 1.12 bits per heavy atom. The highest BCUT2D eigenvalue weighted by atomic mass is 16.7. The van der Waals surface area contributed by atoms with Crippen LogP contribution in [0.3, 0.4) is 0 Å². The average molecular weight is 242 g/mol. The molecule has 17 heavy (non-hydrogen) atoms. The Kier molecular flexibility index (Phi) is 3.49. The van der Waals surface area contributed by atoms with E-state index in [1.807, 2.05) is 0 Å². The van der Waals surface area contributed by atoms with E-state index in [9.17, 15) is 10.2 Å². The molecule has 1 aliphatic rings. The van der Waals surface area contributed by atoms with Crippen molar-refractivity contribution in [1.29, 1.82) is 0 Å². The van der Waals surface area contributed by atoms with Gasteiger partial charge >= 0.3 is 0 Å². The number of aliphatic hydroxyl groups excluding tert-OH is 3. The molecular formula is C11H14O6. The van der Waals surface area contributed by atoms with Gasteiger partial charge < -0.3 is 29.9 Å². The van der Waals surface area contributed by atoms with Gasteiger partial charge in [-0.05, 0) is 24.3 Å². The lowest BCUT2D eigenvalue weighted by Crippen LogP contribution is -2.35. The van der Waals surface area contributed by atoms with Gasteiger partial charge in [-0.2, -0.15) is 0 Å². The van der Waals surface area contributed by atoms with Crippen LogP contribution in [0.4, 0.5) is 0 Å². The van der Waals surface area contributed by atoms with Gasteiger partial charge in [-0.15, -0.1) is 0 Å². The molecule has 0 radical (unpaired) electrons. The summed E-state index contributed by atoms with van der Waals surface area (Å²) < 4.78 is 10.4. The van der Waals surface area contributed by atoms with Crippen molar-refractivity contribution in [2.45, 2.75) is 24.6 Å². The van der Waals surface area contributed by atoms with Crippen molar-refractivity contribution in [2.75, 3.05) is 6.61 Å². The number of hydrogen-bond acceptors (Lipinski definition) is 6. The average Bonchev–Trinajstić information content (AvgIpc) is 2.60. The number of aromatic hydroxyl groups is 1. The van der Waals surface area contributed by atoms with E-state index < -0.39 is 31.2 Å². The third-order valence-electron chi connectivity index (χ3n) is 2.59. The first-order valence-electron chi connectivity index (χ1n) is 5.20. The van der Waals surface area contributed by atoms with Crippen LogP contribution in [0, 0.1) is 0 Å². The molecule has 0 bridgehead atoms. The number of hydrogen-bond donors (Lipinski definition) is 4. The number of phenolic OH excluding ortho intramolecular Hbond substituents is 1. The van der Waals surface area contributed by atoms with Crippen LogP contribution in [-0.4, -0.2) is 51.6 Å². The monoisotopic (exact) mass is 242 g/mol. The molecule has 1 aliphatic heterocycles. The molecular weight excluding hydrogens is 228 g/mol. The number of rotatable bonds is 3. The van der Waals surface area contributed by atoms with Gasteiger partial charge in [0.2, 0.25) is 6.29 Å². The van der Waals surface area contributed by atoms with Crippen molar-refractivity contribution < 1.29 is 29.9 Å². The van der Waals surface area contributed by atoms with Crippen LogP contribution >= 0.6 is 0 Å². The molecule has 1 aromatic carbocycles.